The lowest BCUT2D eigenvalue weighted by Crippen LogP contribution is -2.37. The second-order valence-electron chi connectivity index (χ2n) is 5.80. The molecular formula is C19H16ClFN2O2. The largest absolute Gasteiger partial charge is 0.326 e. The number of hydrogen-bond donors (Lipinski definition) is 1. The number of nitrogens with one attached hydrogen (secondary N) is 1. The van der Waals surface area contributed by atoms with E-state index in [2.05, 4.69) is 5.32 Å². The number of hydrogen-bond acceptors (Lipinski definition) is 2. The first kappa shape index (κ1) is 17.2. The molecule has 0 radical (unpaired) electrons. The lowest BCUT2D eigenvalue weighted by molar-refractivity contribution is -0.116. The Morgan fingerprint density at radius 2 is 1.96 bits per heavy atom. The van der Waals surface area contributed by atoms with Crippen molar-refractivity contribution in [3.63, 3.8) is 0 Å². The van der Waals surface area contributed by atoms with Gasteiger partial charge < -0.3 is 5.32 Å². The van der Waals surface area contributed by atoms with Crippen molar-refractivity contribution in [1.82, 2.24) is 4.90 Å². The van der Waals surface area contributed by atoms with Crippen LogP contribution in [0.25, 0.3) is 0 Å². The molecule has 2 aromatic rings. The quantitative estimate of drug-likeness (QED) is 0.834. The summed E-state index contributed by atoms with van der Waals surface area (Å²) in [6.07, 6.45) is 2.96. The van der Waals surface area contributed by atoms with Gasteiger partial charge in [0.15, 0.2) is 5.78 Å². The molecule has 128 valence electrons. The number of anilines is 1. The minimum absolute atomic E-state index is 0.0858. The van der Waals surface area contributed by atoms with E-state index in [1.807, 2.05) is 6.92 Å². The van der Waals surface area contributed by atoms with Crippen LogP contribution in [0.1, 0.15) is 23.6 Å². The van der Waals surface area contributed by atoms with Crippen LogP contribution in [0.3, 0.4) is 0 Å². The Bertz CT molecular complexity index is 849. The molecule has 3 rings (SSSR count). The average molecular weight is 359 g/mol. The highest BCUT2D eigenvalue weighted by molar-refractivity contribution is 6.31. The molecule has 1 aliphatic heterocycles. The average Bonchev–Trinajstić information content (AvgIpc) is 2.59. The summed E-state index contributed by atoms with van der Waals surface area (Å²) in [6.45, 7) is 1.81. The van der Waals surface area contributed by atoms with Gasteiger partial charge in [0, 0.05) is 23.3 Å². The van der Waals surface area contributed by atoms with Gasteiger partial charge in [-0.1, -0.05) is 29.8 Å². The van der Waals surface area contributed by atoms with Crippen LogP contribution in [0.5, 0.6) is 0 Å². The third-order valence-electron chi connectivity index (χ3n) is 4.15. The molecule has 2 aromatic carbocycles. The van der Waals surface area contributed by atoms with Crippen molar-refractivity contribution in [2.45, 2.75) is 19.4 Å². The van der Waals surface area contributed by atoms with Crippen molar-refractivity contribution in [1.29, 1.82) is 0 Å². The van der Waals surface area contributed by atoms with E-state index in [1.165, 1.54) is 29.3 Å². The predicted molar refractivity (Wildman–Crippen MR) is 95.0 cm³/mol. The fourth-order valence-corrected chi connectivity index (χ4v) is 2.89. The topological polar surface area (TPSA) is 49.4 Å². The SMILES string of the molecule is Cc1c(Cl)cccc1NC(=O)N1C=CC(=O)C[C@H]1c1ccc(F)cc1. The van der Waals surface area contributed by atoms with Crippen LogP contribution >= 0.6 is 11.6 Å². The highest BCUT2D eigenvalue weighted by Gasteiger charge is 2.29. The minimum Gasteiger partial charge on any atom is -0.307 e. The number of benzene rings is 2. The Balaban J connectivity index is 1.88. The van der Waals surface area contributed by atoms with Gasteiger partial charge in [-0.3, -0.25) is 9.69 Å². The van der Waals surface area contributed by atoms with E-state index >= 15 is 0 Å². The molecular weight excluding hydrogens is 343 g/mol. The number of carbonyl (C=O) groups is 2. The summed E-state index contributed by atoms with van der Waals surface area (Å²) in [5.74, 6) is -0.454. The summed E-state index contributed by atoms with van der Waals surface area (Å²) in [5.41, 5.74) is 2.05. The summed E-state index contributed by atoms with van der Waals surface area (Å²) in [6, 6.07) is 10.2. The van der Waals surface area contributed by atoms with Crippen molar-refractivity contribution in [3.8, 4) is 0 Å². The maximum Gasteiger partial charge on any atom is 0.326 e. The predicted octanol–water partition coefficient (Wildman–Crippen LogP) is 4.85. The minimum atomic E-state index is -0.488. The van der Waals surface area contributed by atoms with Crippen LogP contribution in [0, 0.1) is 12.7 Å². The molecule has 4 nitrogen and oxygen atoms in total. The molecule has 25 heavy (non-hydrogen) atoms. The van der Waals surface area contributed by atoms with E-state index in [0.29, 0.717) is 16.3 Å². The van der Waals surface area contributed by atoms with Gasteiger partial charge in [-0.15, -0.1) is 0 Å². The monoisotopic (exact) mass is 358 g/mol. The van der Waals surface area contributed by atoms with Gasteiger partial charge in [-0.25, -0.2) is 9.18 Å². The van der Waals surface area contributed by atoms with Gasteiger partial charge in [0.1, 0.15) is 5.82 Å². The van der Waals surface area contributed by atoms with Gasteiger partial charge in [-0.2, -0.15) is 0 Å². The third-order valence-corrected chi connectivity index (χ3v) is 4.56. The number of nitrogens with zero attached hydrogens (tertiary/aromatic N) is 1. The van der Waals surface area contributed by atoms with Gasteiger partial charge in [0.05, 0.1) is 6.04 Å². The molecule has 1 aliphatic rings. The van der Waals surface area contributed by atoms with Crippen molar-refractivity contribution in [2.24, 2.45) is 0 Å². The molecule has 0 aliphatic carbocycles. The molecule has 6 heteroatoms. The Morgan fingerprint density at radius 1 is 1.24 bits per heavy atom. The van der Waals surface area contributed by atoms with Gasteiger partial charge in [0.25, 0.3) is 0 Å². The number of ketones is 1. The third kappa shape index (κ3) is 3.72. The molecule has 0 saturated heterocycles. The molecule has 2 amide bonds. The van der Waals surface area contributed by atoms with E-state index in [-0.39, 0.29) is 24.1 Å². The Labute approximate surface area is 149 Å². The van der Waals surface area contributed by atoms with Gasteiger partial charge in [0.2, 0.25) is 0 Å². The van der Waals surface area contributed by atoms with E-state index < -0.39 is 6.04 Å². The van der Waals surface area contributed by atoms with Crippen molar-refractivity contribution >= 4 is 29.1 Å². The fraction of sp³-hybridized carbons (Fsp3) is 0.158. The van der Waals surface area contributed by atoms with Crippen LogP contribution in [0.15, 0.2) is 54.7 Å². The van der Waals surface area contributed by atoms with Crippen LogP contribution < -0.4 is 5.32 Å². The number of halogens is 2. The zero-order valence-electron chi connectivity index (χ0n) is 13.5. The van der Waals surface area contributed by atoms with Crippen molar-refractivity contribution < 1.29 is 14.0 Å². The molecule has 1 atom stereocenters. The number of allylic oxidation sites excluding steroid dienone is 1. The van der Waals surface area contributed by atoms with E-state index in [4.69, 9.17) is 11.6 Å². The van der Waals surface area contributed by atoms with Crippen LogP contribution in [-0.4, -0.2) is 16.7 Å². The first-order valence-electron chi connectivity index (χ1n) is 7.76. The second kappa shape index (κ2) is 7.07. The highest BCUT2D eigenvalue weighted by atomic mass is 35.5. The van der Waals surface area contributed by atoms with Gasteiger partial charge >= 0.3 is 6.03 Å². The number of rotatable bonds is 2. The smallest absolute Gasteiger partial charge is 0.307 e. The van der Waals surface area contributed by atoms with Crippen LogP contribution in [0.4, 0.5) is 14.9 Å². The van der Waals surface area contributed by atoms with E-state index in [9.17, 15) is 14.0 Å². The van der Waals surface area contributed by atoms with Crippen LogP contribution in [0.2, 0.25) is 5.02 Å². The van der Waals surface area contributed by atoms with Crippen molar-refractivity contribution in [3.05, 3.63) is 76.7 Å². The maximum absolute atomic E-state index is 13.2. The Morgan fingerprint density at radius 3 is 2.68 bits per heavy atom. The molecule has 0 bridgehead atoms. The second-order valence-corrected chi connectivity index (χ2v) is 6.21. The first-order valence-corrected chi connectivity index (χ1v) is 8.14. The Hall–Kier alpha value is -2.66. The molecule has 1 N–H and O–H groups in total. The standard InChI is InChI=1S/C19H16ClFN2O2/c1-12-16(20)3-2-4-17(12)22-19(25)23-10-9-15(24)11-18(23)13-5-7-14(21)8-6-13/h2-10,18H,11H2,1H3,(H,22,25)/t18-/m0/s1. The summed E-state index contributed by atoms with van der Waals surface area (Å²) >= 11 is 6.08. The van der Waals surface area contributed by atoms with Gasteiger partial charge in [-0.05, 0) is 48.4 Å². The lowest BCUT2D eigenvalue weighted by Gasteiger charge is -2.31. The zero-order chi connectivity index (χ0) is 18.0. The molecule has 0 saturated carbocycles. The summed E-state index contributed by atoms with van der Waals surface area (Å²) < 4.78 is 13.2. The molecule has 0 fully saturated rings. The normalized spacial score (nSPS) is 16.8. The van der Waals surface area contributed by atoms with Crippen LogP contribution in [-0.2, 0) is 4.79 Å². The highest BCUT2D eigenvalue weighted by Crippen LogP contribution is 2.30. The number of amides is 2. The van der Waals surface area contributed by atoms with E-state index in [0.717, 1.165) is 5.56 Å². The number of carbonyl (C=O) groups excluding carboxylic acids is 2. The summed E-state index contributed by atoms with van der Waals surface area (Å²) in [7, 11) is 0. The summed E-state index contributed by atoms with van der Waals surface area (Å²) in [4.78, 5) is 26.0. The maximum atomic E-state index is 13.2. The fourth-order valence-electron chi connectivity index (χ4n) is 2.72. The first-order chi connectivity index (χ1) is 12.0. The van der Waals surface area contributed by atoms with E-state index in [1.54, 1.807) is 30.3 Å². The lowest BCUT2D eigenvalue weighted by atomic mass is 9.97. The molecule has 1 heterocycles. The molecule has 0 aromatic heterocycles. The molecule has 0 unspecified atom stereocenters. The Kier molecular flexibility index (Phi) is 4.86. The zero-order valence-corrected chi connectivity index (χ0v) is 14.3. The number of urea groups is 1. The van der Waals surface area contributed by atoms with Crippen molar-refractivity contribution in [2.75, 3.05) is 5.32 Å². The summed E-state index contributed by atoms with van der Waals surface area (Å²) in [5, 5.41) is 3.37. The molecule has 0 spiro atoms.